The van der Waals surface area contributed by atoms with E-state index in [0.29, 0.717) is 21.3 Å². The number of halogens is 4. The van der Waals surface area contributed by atoms with E-state index >= 15 is 0 Å². The fraction of sp³-hybridized carbons (Fsp3) is 0.0952. The lowest BCUT2D eigenvalue weighted by Crippen LogP contribution is -2.22. The third-order valence-electron chi connectivity index (χ3n) is 4.34. The number of ether oxygens (including phenoxy) is 1. The van der Waals surface area contributed by atoms with Crippen molar-refractivity contribution in [1.29, 1.82) is 0 Å². The van der Waals surface area contributed by atoms with Crippen LogP contribution in [0, 0.1) is 5.82 Å². The maximum atomic E-state index is 13.3. The van der Waals surface area contributed by atoms with Crippen molar-refractivity contribution in [1.82, 2.24) is 9.97 Å². The number of fused-ring (bicyclic) bond motifs is 1. The predicted molar refractivity (Wildman–Crippen MR) is 108 cm³/mol. The molecule has 0 saturated heterocycles. The molecule has 10 heteroatoms. The van der Waals surface area contributed by atoms with E-state index in [0.717, 1.165) is 12.1 Å². The van der Waals surface area contributed by atoms with Crippen LogP contribution in [0.15, 0.2) is 60.2 Å². The summed E-state index contributed by atoms with van der Waals surface area (Å²) in [7, 11) is 0. The number of nitrogens with one attached hydrogen (secondary N) is 1. The lowest BCUT2D eigenvalue weighted by Gasteiger charge is -2.14. The number of nitrogens with zero attached hydrogens (tertiary/aromatic N) is 2. The highest BCUT2D eigenvalue weighted by Gasteiger charge is 2.33. The van der Waals surface area contributed by atoms with Gasteiger partial charge in [0.1, 0.15) is 17.0 Å². The third kappa shape index (κ3) is 4.48. The zero-order chi connectivity index (χ0) is 22.0. The normalized spacial score (nSPS) is 11.5. The van der Waals surface area contributed by atoms with E-state index in [-0.39, 0.29) is 17.4 Å². The van der Waals surface area contributed by atoms with E-state index in [1.807, 2.05) is 0 Å². The monoisotopic (exact) mass is 447 g/mol. The summed E-state index contributed by atoms with van der Waals surface area (Å²) in [6.45, 7) is -0.559. The van der Waals surface area contributed by atoms with Crippen LogP contribution in [0.4, 0.5) is 23.2 Å². The van der Waals surface area contributed by atoms with Gasteiger partial charge < -0.3 is 10.1 Å². The summed E-state index contributed by atoms with van der Waals surface area (Å²) in [6.07, 6.45) is -3.34. The van der Waals surface area contributed by atoms with Gasteiger partial charge in [0.15, 0.2) is 6.61 Å². The van der Waals surface area contributed by atoms with Gasteiger partial charge in [-0.1, -0.05) is 24.3 Å². The first-order chi connectivity index (χ1) is 14.8. The molecule has 1 N–H and O–H groups in total. The van der Waals surface area contributed by atoms with Gasteiger partial charge in [-0.3, -0.25) is 4.79 Å². The van der Waals surface area contributed by atoms with Gasteiger partial charge in [0.05, 0.1) is 16.6 Å². The van der Waals surface area contributed by atoms with Crippen LogP contribution >= 0.6 is 11.3 Å². The number of carbonyl (C=O) groups is 1. The van der Waals surface area contributed by atoms with Crippen LogP contribution in [-0.4, -0.2) is 22.5 Å². The molecule has 0 saturated carbocycles. The Morgan fingerprint density at radius 1 is 1.06 bits per heavy atom. The van der Waals surface area contributed by atoms with Crippen molar-refractivity contribution < 1.29 is 27.1 Å². The van der Waals surface area contributed by atoms with Crippen LogP contribution in [0.1, 0.15) is 5.56 Å². The molecule has 2 aromatic carbocycles. The lowest BCUT2D eigenvalue weighted by atomic mass is 10.1. The number of alkyl halides is 3. The molecule has 158 valence electrons. The number of benzene rings is 2. The second-order valence-corrected chi connectivity index (χ2v) is 7.25. The number of para-hydroxylation sites is 1. The van der Waals surface area contributed by atoms with E-state index in [4.69, 9.17) is 4.74 Å². The van der Waals surface area contributed by atoms with Crippen molar-refractivity contribution in [3.8, 4) is 17.0 Å². The number of rotatable bonds is 5. The zero-order valence-electron chi connectivity index (χ0n) is 15.6. The van der Waals surface area contributed by atoms with Gasteiger partial charge in [-0.15, -0.1) is 11.3 Å². The van der Waals surface area contributed by atoms with Crippen molar-refractivity contribution >= 4 is 33.1 Å². The molecule has 2 aromatic heterocycles. The molecule has 31 heavy (non-hydrogen) atoms. The van der Waals surface area contributed by atoms with E-state index < -0.39 is 24.3 Å². The molecular formula is C21H13F4N3O2S. The topological polar surface area (TPSA) is 64.1 Å². The molecule has 4 aromatic rings. The molecule has 0 spiro atoms. The number of thiophene rings is 1. The Labute approximate surface area is 177 Å². The maximum Gasteiger partial charge on any atom is 0.418 e. The van der Waals surface area contributed by atoms with Crippen LogP contribution in [-0.2, 0) is 11.0 Å². The molecule has 5 nitrogen and oxygen atoms in total. The van der Waals surface area contributed by atoms with Crippen molar-refractivity contribution in [3.63, 3.8) is 0 Å². The van der Waals surface area contributed by atoms with Crippen LogP contribution in [0.2, 0.25) is 0 Å². The first-order valence-electron chi connectivity index (χ1n) is 8.90. The molecule has 0 aliphatic carbocycles. The van der Waals surface area contributed by atoms with Crippen LogP contribution in [0.5, 0.6) is 5.88 Å². The lowest BCUT2D eigenvalue weighted by molar-refractivity contribution is -0.137. The van der Waals surface area contributed by atoms with Crippen molar-refractivity contribution in [2.75, 3.05) is 11.9 Å². The van der Waals surface area contributed by atoms with Crippen molar-refractivity contribution in [3.05, 3.63) is 71.6 Å². The molecule has 0 radical (unpaired) electrons. The zero-order valence-corrected chi connectivity index (χ0v) is 16.4. The number of anilines is 1. The second kappa shape index (κ2) is 8.31. The van der Waals surface area contributed by atoms with Crippen LogP contribution in [0.25, 0.3) is 21.3 Å². The molecule has 0 atom stereocenters. The fourth-order valence-corrected chi connectivity index (χ4v) is 3.87. The van der Waals surface area contributed by atoms with Gasteiger partial charge in [-0.05, 0) is 29.8 Å². The second-order valence-electron chi connectivity index (χ2n) is 6.40. The number of amides is 1. The quantitative estimate of drug-likeness (QED) is 0.409. The average Bonchev–Trinajstić information content (AvgIpc) is 3.17. The minimum Gasteiger partial charge on any atom is -0.467 e. The van der Waals surface area contributed by atoms with Gasteiger partial charge in [-0.25, -0.2) is 14.4 Å². The predicted octanol–water partition coefficient (Wildman–Crippen LogP) is 5.53. The molecule has 4 rings (SSSR count). The summed E-state index contributed by atoms with van der Waals surface area (Å²) in [5, 5.41) is 4.55. The van der Waals surface area contributed by atoms with E-state index in [1.54, 1.807) is 17.5 Å². The van der Waals surface area contributed by atoms with Gasteiger partial charge in [0.2, 0.25) is 5.88 Å². The van der Waals surface area contributed by atoms with E-state index in [2.05, 4.69) is 15.3 Å². The highest BCUT2D eigenvalue weighted by atomic mass is 32.1. The highest BCUT2D eigenvalue weighted by Crippen LogP contribution is 2.38. The Morgan fingerprint density at radius 2 is 1.81 bits per heavy atom. The van der Waals surface area contributed by atoms with E-state index in [1.165, 1.54) is 41.9 Å². The minimum absolute atomic E-state index is 0.102. The molecular weight excluding hydrogens is 434 g/mol. The number of hydrogen-bond donors (Lipinski definition) is 1. The van der Waals surface area contributed by atoms with Gasteiger partial charge in [0, 0.05) is 10.9 Å². The van der Waals surface area contributed by atoms with Gasteiger partial charge in [-0.2, -0.15) is 13.2 Å². The Hall–Kier alpha value is -3.53. The number of carbonyl (C=O) groups excluding carboxylic acids is 1. The minimum atomic E-state index is -4.61. The Bertz CT molecular complexity index is 1240. The first-order valence-corrected chi connectivity index (χ1v) is 9.78. The summed E-state index contributed by atoms with van der Waals surface area (Å²) in [5.74, 6) is -1.06. The largest absolute Gasteiger partial charge is 0.467 e. The van der Waals surface area contributed by atoms with Gasteiger partial charge >= 0.3 is 6.18 Å². The summed E-state index contributed by atoms with van der Waals surface area (Å²) in [6, 6.07) is 10.5. The summed E-state index contributed by atoms with van der Waals surface area (Å²) >= 11 is 1.32. The smallest absolute Gasteiger partial charge is 0.418 e. The summed E-state index contributed by atoms with van der Waals surface area (Å²) in [4.78, 5) is 21.1. The Morgan fingerprint density at radius 3 is 2.55 bits per heavy atom. The molecule has 0 bridgehead atoms. The van der Waals surface area contributed by atoms with Crippen molar-refractivity contribution in [2.45, 2.75) is 6.18 Å². The highest BCUT2D eigenvalue weighted by molar-refractivity contribution is 7.17. The molecule has 0 fully saturated rings. The fourth-order valence-electron chi connectivity index (χ4n) is 2.96. The first kappa shape index (κ1) is 20.7. The molecule has 1 amide bonds. The summed E-state index contributed by atoms with van der Waals surface area (Å²) in [5.41, 5.74) is 0.0810. The van der Waals surface area contributed by atoms with Crippen LogP contribution < -0.4 is 10.1 Å². The standard InChI is InChI=1S/C21H13F4N3O2S/c22-13-7-5-12(6-8-13)14-10-31-20-18(14)19(26-11-27-20)30-9-17(29)28-16-4-2-1-3-15(16)21(23,24)25/h1-8,10-11H,9H2,(H,28,29). The van der Waals surface area contributed by atoms with E-state index in [9.17, 15) is 22.4 Å². The Balaban J connectivity index is 1.56. The summed E-state index contributed by atoms with van der Waals surface area (Å²) < 4.78 is 58.1. The molecule has 0 aliphatic rings. The number of aromatic nitrogens is 2. The SMILES string of the molecule is O=C(COc1ncnc2scc(-c3ccc(F)cc3)c12)Nc1ccccc1C(F)(F)F. The van der Waals surface area contributed by atoms with Crippen molar-refractivity contribution in [2.24, 2.45) is 0 Å². The average molecular weight is 447 g/mol. The third-order valence-corrected chi connectivity index (χ3v) is 5.22. The Kier molecular flexibility index (Phi) is 5.55. The maximum absolute atomic E-state index is 13.3. The molecule has 2 heterocycles. The van der Waals surface area contributed by atoms with Crippen LogP contribution in [0.3, 0.4) is 0 Å². The molecule has 0 unspecified atom stereocenters. The molecule has 0 aliphatic heterocycles. The van der Waals surface area contributed by atoms with Gasteiger partial charge in [0.25, 0.3) is 5.91 Å². The number of hydrogen-bond acceptors (Lipinski definition) is 5.